The first-order valence-electron chi connectivity index (χ1n) is 3.95. The van der Waals surface area contributed by atoms with Crippen molar-refractivity contribution in [1.82, 2.24) is 0 Å². The molecular formula is C8H17NO3. The maximum absolute atomic E-state index is 10.9. The monoisotopic (exact) mass is 175 g/mol. The van der Waals surface area contributed by atoms with Crippen molar-refractivity contribution in [2.45, 2.75) is 39.4 Å². The summed E-state index contributed by atoms with van der Waals surface area (Å²) in [6, 6.07) is 0. The van der Waals surface area contributed by atoms with Gasteiger partial charge in [-0.05, 0) is 27.7 Å². The van der Waals surface area contributed by atoms with Gasteiger partial charge in [0, 0.05) is 6.54 Å². The fraction of sp³-hybridized carbons (Fsp3) is 0.875. The molecule has 12 heavy (non-hydrogen) atoms. The van der Waals surface area contributed by atoms with Crippen LogP contribution in [0, 0.1) is 0 Å². The minimum atomic E-state index is -0.666. The Balaban J connectivity index is 3.75. The molecule has 2 N–H and O–H groups in total. The average molecular weight is 175 g/mol. The number of carbonyl (C=O) groups excluding carboxylic acids is 1. The Morgan fingerprint density at radius 3 is 2.33 bits per heavy atom. The van der Waals surface area contributed by atoms with E-state index in [0.29, 0.717) is 6.54 Å². The van der Waals surface area contributed by atoms with Gasteiger partial charge in [0.15, 0.2) is 0 Å². The molecule has 1 atom stereocenters. The Bertz CT molecular complexity index is 151. The van der Waals surface area contributed by atoms with E-state index >= 15 is 0 Å². The molecule has 0 aliphatic heterocycles. The third kappa shape index (κ3) is 5.97. The van der Waals surface area contributed by atoms with Crippen molar-refractivity contribution in [3.8, 4) is 0 Å². The molecule has 0 radical (unpaired) electrons. The van der Waals surface area contributed by atoms with Crippen molar-refractivity contribution in [2.75, 3.05) is 6.54 Å². The predicted molar refractivity (Wildman–Crippen MR) is 45.8 cm³/mol. The summed E-state index contributed by atoms with van der Waals surface area (Å²) in [5.74, 6) is 0. The second-order valence-corrected chi connectivity index (χ2v) is 3.63. The molecule has 0 aliphatic rings. The molecule has 1 unspecified atom stereocenters. The van der Waals surface area contributed by atoms with Crippen LogP contribution in [-0.2, 0) is 9.47 Å². The van der Waals surface area contributed by atoms with Crippen LogP contribution in [0.15, 0.2) is 0 Å². The quantitative estimate of drug-likeness (QED) is 0.642. The number of carbonyl (C=O) groups is 1. The predicted octanol–water partition coefficient (Wildman–Crippen LogP) is 1.29. The van der Waals surface area contributed by atoms with Crippen LogP contribution < -0.4 is 5.73 Å². The lowest BCUT2D eigenvalue weighted by Gasteiger charge is -2.20. The lowest BCUT2D eigenvalue weighted by Crippen LogP contribution is -2.29. The molecule has 0 saturated heterocycles. The van der Waals surface area contributed by atoms with Crippen LogP contribution in [0.2, 0.25) is 0 Å². The van der Waals surface area contributed by atoms with Crippen LogP contribution >= 0.6 is 0 Å². The molecule has 0 aromatic heterocycles. The SMILES string of the molecule is CC(CN)OC(=O)OC(C)(C)C. The molecule has 0 bridgehead atoms. The maximum atomic E-state index is 10.9. The lowest BCUT2D eigenvalue weighted by atomic mass is 10.2. The van der Waals surface area contributed by atoms with E-state index in [2.05, 4.69) is 0 Å². The number of hydrogen-bond acceptors (Lipinski definition) is 4. The molecule has 0 rings (SSSR count). The van der Waals surface area contributed by atoms with Crippen LogP contribution in [0.1, 0.15) is 27.7 Å². The smallest absolute Gasteiger partial charge is 0.430 e. The first-order valence-corrected chi connectivity index (χ1v) is 3.95. The molecule has 0 aliphatic carbocycles. The summed E-state index contributed by atoms with van der Waals surface area (Å²) in [6.07, 6.45) is -0.958. The fourth-order valence-corrected chi connectivity index (χ4v) is 0.486. The lowest BCUT2D eigenvalue weighted by molar-refractivity contribution is -0.0215. The topological polar surface area (TPSA) is 61.5 Å². The number of nitrogens with two attached hydrogens (primary N) is 1. The highest BCUT2D eigenvalue weighted by atomic mass is 16.7. The van der Waals surface area contributed by atoms with Crippen molar-refractivity contribution < 1.29 is 14.3 Å². The number of ether oxygens (including phenoxy) is 2. The van der Waals surface area contributed by atoms with E-state index in [-0.39, 0.29) is 6.10 Å². The largest absolute Gasteiger partial charge is 0.509 e. The molecule has 0 amide bonds. The first kappa shape index (κ1) is 11.2. The third-order valence-corrected chi connectivity index (χ3v) is 1.02. The minimum absolute atomic E-state index is 0.292. The Kier molecular flexibility index (Phi) is 4.03. The van der Waals surface area contributed by atoms with Gasteiger partial charge in [0.2, 0.25) is 0 Å². The Morgan fingerprint density at radius 2 is 2.00 bits per heavy atom. The molecular weight excluding hydrogens is 158 g/mol. The second-order valence-electron chi connectivity index (χ2n) is 3.63. The summed E-state index contributed by atoms with van der Waals surface area (Å²) in [7, 11) is 0. The van der Waals surface area contributed by atoms with Gasteiger partial charge in [-0.15, -0.1) is 0 Å². The second kappa shape index (κ2) is 4.30. The van der Waals surface area contributed by atoms with E-state index in [1.807, 2.05) is 0 Å². The van der Waals surface area contributed by atoms with Gasteiger partial charge in [0.05, 0.1) is 0 Å². The average Bonchev–Trinajstić information content (AvgIpc) is 1.82. The van der Waals surface area contributed by atoms with E-state index in [4.69, 9.17) is 15.2 Å². The summed E-state index contributed by atoms with van der Waals surface area (Å²) < 4.78 is 9.68. The van der Waals surface area contributed by atoms with Gasteiger partial charge in [0.25, 0.3) is 0 Å². The number of rotatable bonds is 2. The zero-order valence-electron chi connectivity index (χ0n) is 8.09. The van der Waals surface area contributed by atoms with Gasteiger partial charge in [-0.3, -0.25) is 0 Å². The van der Waals surface area contributed by atoms with Gasteiger partial charge < -0.3 is 15.2 Å². The Morgan fingerprint density at radius 1 is 1.50 bits per heavy atom. The van der Waals surface area contributed by atoms with E-state index in [1.54, 1.807) is 27.7 Å². The maximum Gasteiger partial charge on any atom is 0.509 e. The molecule has 0 aromatic carbocycles. The van der Waals surface area contributed by atoms with Crippen LogP contribution in [0.25, 0.3) is 0 Å². The highest BCUT2D eigenvalue weighted by molar-refractivity contribution is 5.60. The molecule has 0 heterocycles. The highest BCUT2D eigenvalue weighted by Gasteiger charge is 2.18. The van der Waals surface area contributed by atoms with Crippen molar-refractivity contribution >= 4 is 6.16 Å². The van der Waals surface area contributed by atoms with Crippen molar-refractivity contribution in [3.05, 3.63) is 0 Å². The molecule has 0 aromatic rings. The highest BCUT2D eigenvalue weighted by Crippen LogP contribution is 2.08. The van der Waals surface area contributed by atoms with Gasteiger partial charge in [-0.2, -0.15) is 0 Å². The summed E-state index contributed by atoms with van der Waals surface area (Å²) in [5.41, 5.74) is 4.74. The van der Waals surface area contributed by atoms with Crippen LogP contribution in [0.3, 0.4) is 0 Å². The normalized spacial score (nSPS) is 13.8. The summed E-state index contributed by atoms with van der Waals surface area (Å²) in [6.45, 7) is 7.35. The Labute approximate surface area is 73.0 Å². The van der Waals surface area contributed by atoms with E-state index in [0.717, 1.165) is 0 Å². The third-order valence-electron chi connectivity index (χ3n) is 1.02. The molecule has 0 fully saturated rings. The minimum Gasteiger partial charge on any atom is -0.430 e. The van der Waals surface area contributed by atoms with Gasteiger partial charge in [0.1, 0.15) is 11.7 Å². The Hall–Kier alpha value is -0.770. The van der Waals surface area contributed by atoms with Crippen molar-refractivity contribution in [2.24, 2.45) is 5.73 Å². The van der Waals surface area contributed by atoms with Crippen LogP contribution in [0.4, 0.5) is 4.79 Å². The fourth-order valence-electron chi connectivity index (χ4n) is 0.486. The molecule has 72 valence electrons. The van der Waals surface area contributed by atoms with Crippen molar-refractivity contribution in [3.63, 3.8) is 0 Å². The first-order chi connectivity index (χ1) is 5.35. The van der Waals surface area contributed by atoms with Gasteiger partial charge >= 0.3 is 6.16 Å². The molecule has 0 spiro atoms. The van der Waals surface area contributed by atoms with Crippen molar-refractivity contribution in [1.29, 1.82) is 0 Å². The zero-order chi connectivity index (χ0) is 9.78. The van der Waals surface area contributed by atoms with E-state index in [1.165, 1.54) is 0 Å². The van der Waals surface area contributed by atoms with Gasteiger partial charge in [-0.25, -0.2) is 4.79 Å². The van der Waals surface area contributed by atoms with E-state index < -0.39 is 11.8 Å². The summed E-state index contributed by atoms with van der Waals surface area (Å²) in [5, 5.41) is 0. The van der Waals surface area contributed by atoms with Gasteiger partial charge in [-0.1, -0.05) is 0 Å². The zero-order valence-corrected chi connectivity index (χ0v) is 8.09. The number of hydrogen-bond donors (Lipinski definition) is 1. The van der Waals surface area contributed by atoms with E-state index in [9.17, 15) is 4.79 Å². The van der Waals surface area contributed by atoms with Crippen LogP contribution in [0.5, 0.6) is 0 Å². The molecule has 0 saturated carbocycles. The van der Waals surface area contributed by atoms with Crippen LogP contribution in [-0.4, -0.2) is 24.4 Å². The standard InChI is InChI=1S/C8H17NO3/c1-6(5-9)11-7(10)12-8(2,3)4/h6H,5,9H2,1-4H3. The molecule has 4 heteroatoms. The summed E-state index contributed by atoms with van der Waals surface area (Å²) in [4.78, 5) is 10.9. The molecule has 4 nitrogen and oxygen atoms in total. The summed E-state index contributed by atoms with van der Waals surface area (Å²) >= 11 is 0.